The topological polar surface area (TPSA) is 81.2 Å². The number of ether oxygens (including phenoxy) is 3. The summed E-state index contributed by atoms with van der Waals surface area (Å²) in [5, 5.41) is 7.67. The second-order valence-electron chi connectivity index (χ2n) is 5.40. The Hall–Kier alpha value is -2.68. The molecule has 0 aromatic heterocycles. The van der Waals surface area contributed by atoms with Crippen LogP contribution in [0.5, 0.6) is 11.5 Å². The monoisotopic (exact) mass is 421 g/mol. The predicted molar refractivity (Wildman–Crippen MR) is 113 cm³/mol. The number of rotatable bonds is 8. The molecule has 0 aliphatic heterocycles. The lowest BCUT2D eigenvalue weighted by Crippen LogP contribution is -2.34. The molecule has 2 rings (SSSR count). The van der Waals surface area contributed by atoms with Crippen LogP contribution < -0.4 is 20.2 Å². The fraction of sp³-hybridized carbons (Fsp3) is 0.211. The molecule has 28 heavy (non-hydrogen) atoms. The Morgan fingerprint density at radius 2 is 2.00 bits per heavy atom. The standard InChI is InChI=1S/C19H20ClN3O4S/c1-25-10-9-21-19(28)23-22-12-13-7-8-16(17(11-13)26-2)27-18(24)14-5-3-4-6-15(14)20/h3-8,11-12H,9-10H2,1-2H3,(H2,21,23,28)/b22-12-. The van der Waals surface area contributed by atoms with Crippen molar-refractivity contribution in [2.75, 3.05) is 27.4 Å². The molecule has 0 unspecified atom stereocenters. The average molecular weight is 422 g/mol. The van der Waals surface area contributed by atoms with Crippen molar-refractivity contribution in [2.24, 2.45) is 5.10 Å². The minimum atomic E-state index is -0.570. The van der Waals surface area contributed by atoms with Gasteiger partial charge in [-0.25, -0.2) is 4.79 Å². The molecule has 0 radical (unpaired) electrons. The molecule has 0 amide bonds. The van der Waals surface area contributed by atoms with Gasteiger partial charge in [0.1, 0.15) is 0 Å². The molecule has 0 aliphatic carbocycles. The Kier molecular flexibility index (Phi) is 8.67. The van der Waals surface area contributed by atoms with E-state index in [1.807, 2.05) is 0 Å². The largest absolute Gasteiger partial charge is 0.493 e. The van der Waals surface area contributed by atoms with Gasteiger partial charge in [0.25, 0.3) is 0 Å². The van der Waals surface area contributed by atoms with Gasteiger partial charge in [0.05, 0.1) is 30.5 Å². The zero-order valence-electron chi connectivity index (χ0n) is 15.4. The number of carbonyl (C=O) groups excluding carboxylic acids is 1. The highest BCUT2D eigenvalue weighted by Crippen LogP contribution is 2.29. The molecule has 0 saturated carbocycles. The highest BCUT2D eigenvalue weighted by molar-refractivity contribution is 7.80. The number of benzene rings is 2. The van der Waals surface area contributed by atoms with Crippen molar-refractivity contribution in [1.29, 1.82) is 0 Å². The number of hydrogen-bond acceptors (Lipinski definition) is 6. The van der Waals surface area contributed by atoms with E-state index in [2.05, 4.69) is 15.8 Å². The Morgan fingerprint density at radius 3 is 2.71 bits per heavy atom. The van der Waals surface area contributed by atoms with Crippen molar-refractivity contribution in [1.82, 2.24) is 10.7 Å². The zero-order valence-corrected chi connectivity index (χ0v) is 17.0. The number of nitrogens with zero attached hydrogens (tertiary/aromatic N) is 1. The van der Waals surface area contributed by atoms with Crippen molar-refractivity contribution in [3.63, 3.8) is 0 Å². The van der Waals surface area contributed by atoms with Crippen LogP contribution in [0.1, 0.15) is 15.9 Å². The van der Waals surface area contributed by atoms with Gasteiger partial charge in [-0.1, -0.05) is 23.7 Å². The Morgan fingerprint density at radius 1 is 1.21 bits per heavy atom. The van der Waals surface area contributed by atoms with Gasteiger partial charge in [0, 0.05) is 13.7 Å². The number of thiocarbonyl (C=S) groups is 1. The summed E-state index contributed by atoms with van der Waals surface area (Å²) in [6, 6.07) is 11.7. The van der Waals surface area contributed by atoms with Gasteiger partial charge in [0.2, 0.25) is 0 Å². The van der Waals surface area contributed by atoms with E-state index in [4.69, 9.17) is 38.0 Å². The van der Waals surface area contributed by atoms with Crippen molar-refractivity contribution in [2.45, 2.75) is 0 Å². The smallest absolute Gasteiger partial charge is 0.345 e. The van der Waals surface area contributed by atoms with Crippen LogP contribution in [0.2, 0.25) is 5.02 Å². The molecule has 2 aromatic rings. The summed E-state index contributed by atoms with van der Waals surface area (Å²) >= 11 is 11.1. The molecule has 0 fully saturated rings. The second-order valence-corrected chi connectivity index (χ2v) is 6.21. The lowest BCUT2D eigenvalue weighted by Gasteiger charge is -2.10. The summed E-state index contributed by atoms with van der Waals surface area (Å²) < 4.78 is 15.6. The fourth-order valence-corrected chi connectivity index (χ4v) is 2.47. The van der Waals surface area contributed by atoms with E-state index in [1.54, 1.807) is 55.8 Å². The lowest BCUT2D eigenvalue weighted by molar-refractivity contribution is 0.0730. The molecule has 2 aromatic carbocycles. The van der Waals surface area contributed by atoms with Crippen LogP contribution in [0.3, 0.4) is 0 Å². The Balaban J connectivity index is 2.01. The summed E-state index contributed by atoms with van der Waals surface area (Å²) in [5.74, 6) is 0.0823. The summed E-state index contributed by atoms with van der Waals surface area (Å²) in [6.45, 7) is 1.12. The van der Waals surface area contributed by atoms with Crippen LogP contribution in [-0.2, 0) is 4.74 Å². The Bertz CT molecular complexity index is 861. The molecule has 0 bridgehead atoms. The van der Waals surface area contributed by atoms with Crippen molar-refractivity contribution in [3.8, 4) is 11.5 Å². The van der Waals surface area contributed by atoms with E-state index in [-0.39, 0.29) is 11.3 Å². The summed E-state index contributed by atoms with van der Waals surface area (Å²) in [5.41, 5.74) is 3.69. The van der Waals surface area contributed by atoms with Gasteiger partial charge in [-0.3, -0.25) is 5.43 Å². The van der Waals surface area contributed by atoms with Gasteiger partial charge < -0.3 is 19.5 Å². The van der Waals surface area contributed by atoms with Crippen molar-refractivity contribution < 1.29 is 19.0 Å². The van der Waals surface area contributed by atoms with Crippen LogP contribution >= 0.6 is 23.8 Å². The minimum Gasteiger partial charge on any atom is -0.493 e. The Labute approximate surface area is 173 Å². The third-order valence-corrected chi connectivity index (χ3v) is 4.02. The first-order chi connectivity index (χ1) is 13.5. The van der Waals surface area contributed by atoms with Crippen LogP contribution in [-0.4, -0.2) is 44.7 Å². The number of esters is 1. The third kappa shape index (κ3) is 6.49. The number of hydrazone groups is 1. The summed E-state index contributed by atoms with van der Waals surface area (Å²) in [7, 11) is 3.09. The molecule has 7 nitrogen and oxygen atoms in total. The van der Waals surface area contributed by atoms with Gasteiger partial charge in [-0.05, 0) is 48.1 Å². The number of carbonyl (C=O) groups is 1. The first kappa shape index (κ1) is 21.6. The fourth-order valence-electron chi connectivity index (χ4n) is 2.10. The number of hydrogen-bond donors (Lipinski definition) is 2. The quantitative estimate of drug-likeness (QED) is 0.169. The summed E-state index contributed by atoms with van der Waals surface area (Å²) in [6.07, 6.45) is 1.56. The molecule has 9 heteroatoms. The molecule has 0 aliphatic rings. The normalized spacial score (nSPS) is 10.5. The molecule has 0 spiro atoms. The maximum Gasteiger partial charge on any atom is 0.345 e. The molecule has 0 atom stereocenters. The van der Waals surface area contributed by atoms with Gasteiger partial charge in [-0.15, -0.1) is 0 Å². The second kappa shape index (κ2) is 11.2. The van der Waals surface area contributed by atoms with Crippen LogP contribution in [0.15, 0.2) is 47.6 Å². The first-order valence-electron chi connectivity index (χ1n) is 8.25. The zero-order chi connectivity index (χ0) is 20.4. The summed E-state index contributed by atoms with van der Waals surface area (Å²) in [4.78, 5) is 12.3. The van der Waals surface area contributed by atoms with E-state index in [1.165, 1.54) is 7.11 Å². The van der Waals surface area contributed by atoms with Crippen molar-refractivity contribution in [3.05, 3.63) is 58.6 Å². The van der Waals surface area contributed by atoms with E-state index < -0.39 is 5.97 Å². The van der Waals surface area contributed by atoms with Crippen LogP contribution in [0, 0.1) is 0 Å². The van der Waals surface area contributed by atoms with Gasteiger partial charge in [-0.2, -0.15) is 5.10 Å². The minimum absolute atomic E-state index is 0.272. The van der Waals surface area contributed by atoms with E-state index in [0.717, 1.165) is 5.56 Å². The molecular weight excluding hydrogens is 402 g/mol. The van der Waals surface area contributed by atoms with Crippen molar-refractivity contribution >= 4 is 41.1 Å². The van der Waals surface area contributed by atoms with Crippen LogP contribution in [0.4, 0.5) is 0 Å². The molecule has 0 saturated heterocycles. The van der Waals surface area contributed by atoms with Gasteiger partial charge in [0.15, 0.2) is 16.6 Å². The number of nitrogens with one attached hydrogen (secondary N) is 2. The van der Waals surface area contributed by atoms with E-state index in [0.29, 0.717) is 29.0 Å². The van der Waals surface area contributed by atoms with Gasteiger partial charge >= 0.3 is 5.97 Å². The number of methoxy groups -OCH3 is 2. The highest BCUT2D eigenvalue weighted by Gasteiger charge is 2.15. The maximum absolute atomic E-state index is 12.3. The lowest BCUT2D eigenvalue weighted by atomic mass is 10.2. The first-order valence-corrected chi connectivity index (χ1v) is 9.04. The molecule has 0 heterocycles. The highest BCUT2D eigenvalue weighted by atomic mass is 35.5. The number of halogens is 1. The SMILES string of the molecule is COCCNC(=S)N/N=C\c1ccc(OC(=O)c2ccccc2Cl)c(OC)c1. The maximum atomic E-state index is 12.3. The molecular formula is C19H20ClN3O4S. The predicted octanol–water partition coefficient (Wildman–Crippen LogP) is 3.01. The molecule has 2 N–H and O–H groups in total. The average Bonchev–Trinajstić information content (AvgIpc) is 2.69. The molecule has 148 valence electrons. The third-order valence-electron chi connectivity index (χ3n) is 3.46. The van der Waals surface area contributed by atoms with Crippen LogP contribution in [0.25, 0.3) is 0 Å². The van der Waals surface area contributed by atoms with E-state index in [9.17, 15) is 4.79 Å². The van der Waals surface area contributed by atoms with E-state index >= 15 is 0 Å².